The van der Waals surface area contributed by atoms with Crippen LogP contribution in [0, 0.1) is 0 Å². The van der Waals surface area contributed by atoms with Gasteiger partial charge in [0.15, 0.2) is 0 Å². The van der Waals surface area contributed by atoms with Crippen molar-refractivity contribution in [2.24, 2.45) is 5.73 Å². The molecule has 1 aromatic carbocycles. The Hall–Kier alpha value is -2.21. The van der Waals surface area contributed by atoms with E-state index in [1.54, 1.807) is 12.1 Å². The Morgan fingerprint density at radius 2 is 1.63 bits per heavy atom. The first-order valence-electron chi connectivity index (χ1n) is 9.67. The minimum absolute atomic E-state index is 0.0392. The number of nitrogens with one attached hydrogen (secondary N) is 2. The molecule has 0 aliphatic heterocycles. The fourth-order valence-corrected chi connectivity index (χ4v) is 1.58. The van der Waals surface area contributed by atoms with Crippen LogP contribution < -0.4 is 16.4 Å². The van der Waals surface area contributed by atoms with Gasteiger partial charge >= 0.3 is 0 Å². The molecule has 0 bridgehead atoms. The van der Waals surface area contributed by atoms with Crippen LogP contribution in [0.15, 0.2) is 30.3 Å². The molecule has 0 spiro atoms. The van der Waals surface area contributed by atoms with Crippen LogP contribution in [0.3, 0.4) is 0 Å². The van der Waals surface area contributed by atoms with Crippen LogP contribution in [0.2, 0.25) is 0 Å². The van der Waals surface area contributed by atoms with E-state index in [1.165, 1.54) is 7.05 Å². The maximum absolute atomic E-state index is 11.3. The van der Waals surface area contributed by atoms with Crippen molar-refractivity contribution in [3.63, 3.8) is 0 Å². The predicted octanol–water partition coefficient (Wildman–Crippen LogP) is 3.31. The zero-order chi connectivity index (χ0) is 21.5. The van der Waals surface area contributed by atoms with Gasteiger partial charge in [0, 0.05) is 31.0 Å². The zero-order valence-corrected chi connectivity index (χ0v) is 17.9. The van der Waals surface area contributed by atoms with E-state index in [4.69, 9.17) is 0 Å². The number of nitrogens with two attached hydrogens (primary N) is 1. The van der Waals surface area contributed by atoms with Gasteiger partial charge in [-0.1, -0.05) is 58.0 Å². The van der Waals surface area contributed by atoms with E-state index in [2.05, 4.69) is 16.4 Å². The molecule has 6 nitrogen and oxygen atoms in total. The van der Waals surface area contributed by atoms with E-state index in [-0.39, 0.29) is 17.9 Å². The third-order valence-corrected chi connectivity index (χ3v) is 3.18. The Balaban J connectivity index is -0.000000400. The Bertz CT molecular complexity index is 465. The van der Waals surface area contributed by atoms with Gasteiger partial charge in [0.05, 0.1) is 0 Å². The van der Waals surface area contributed by atoms with Crippen molar-refractivity contribution >= 4 is 18.1 Å². The third kappa shape index (κ3) is 21.7. The molecule has 4 N–H and O–H groups in total. The molecule has 0 fully saturated rings. The van der Waals surface area contributed by atoms with Crippen LogP contribution >= 0.6 is 0 Å². The topological polar surface area (TPSA) is 101 Å². The molecule has 0 aliphatic rings. The SMILES string of the molecule is CC.CCC(=O)NCCCC(=O)NC(C)CC.CN.O=Cc1ccccc1. The Labute approximate surface area is 165 Å². The third-order valence-electron chi connectivity index (χ3n) is 3.18. The highest BCUT2D eigenvalue weighted by atomic mass is 16.2. The molecule has 1 atom stereocenters. The number of carbonyl (C=O) groups excluding carboxylic acids is 3. The van der Waals surface area contributed by atoms with Crippen LogP contribution in [0.25, 0.3) is 0 Å². The fraction of sp³-hybridized carbons (Fsp3) is 0.571. The summed E-state index contributed by atoms with van der Waals surface area (Å²) in [7, 11) is 1.50. The fourth-order valence-electron chi connectivity index (χ4n) is 1.58. The first-order valence-corrected chi connectivity index (χ1v) is 9.67. The second-order valence-electron chi connectivity index (χ2n) is 5.21. The summed E-state index contributed by atoms with van der Waals surface area (Å²) in [6, 6.07) is 9.34. The predicted molar refractivity (Wildman–Crippen MR) is 114 cm³/mol. The number of hydrogen-bond acceptors (Lipinski definition) is 4. The monoisotopic (exact) mass is 381 g/mol. The van der Waals surface area contributed by atoms with E-state index < -0.39 is 0 Å². The summed E-state index contributed by atoms with van der Waals surface area (Å²) < 4.78 is 0. The van der Waals surface area contributed by atoms with Crippen molar-refractivity contribution in [3.05, 3.63) is 35.9 Å². The van der Waals surface area contributed by atoms with Crippen LogP contribution in [-0.4, -0.2) is 37.7 Å². The number of aldehydes is 1. The summed E-state index contributed by atoms with van der Waals surface area (Å²) in [5, 5.41) is 5.62. The van der Waals surface area contributed by atoms with Gasteiger partial charge in [0.2, 0.25) is 11.8 Å². The summed E-state index contributed by atoms with van der Waals surface area (Å²) >= 11 is 0. The molecule has 6 heteroatoms. The van der Waals surface area contributed by atoms with Crippen molar-refractivity contribution in [2.75, 3.05) is 13.6 Å². The smallest absolute Gasteiger partial charge is 0.220 e. The van der Waals surface area contributed by atoms with E-state index >= 15 is 0 Å². The van der Waals surface area contributed by atoms with Crippen molar-refractivity contribution in [1.29, 1.82) is 0 Å². The van der Waals surface area contributed by atoms with Gasteiger partial charge in [-0.2, -0.15) is 0 Å². The molecule has 27 heavy (non-hydrogen) atoms. The van der Waals surface area contributed by atoms with Gasteiger partial charge in [-0.15, -0.1) is 0 Å². The van der Waals surface area contributed by atoms with E-state index in [0.29, 0.717) is 25.8 Å². The first-order chi connectivity index (χ1) is 13.0. The summed E-state index contributed by atoms with van der Waals surface area (Å²) in [5.41, 5.74) is 5.23. The van der Waals surface area contributed by atoms with Crippen LogP contribution in [-0.2, 0) is 9.59 Å². The highest BCUT2D eigenvalue weighted by Gasteiger charge is 2.04. The zero-order valence-electron chi connectivity index (χ0n) is 17.9. The van der Waals surface area contributed by atoms with Gasteiger partial charge in [0.25, 0.3) is 0 Å². The maximum atomic E-state index is 11.3. The average molecular weight is 382 g/mol. The van der Waals surface area contributed by atoms with Crippen molar-refractivity contribution in [2.45, 2.75) is 66.3 Å². The molecular weight excluding hydrogens is 342 g/mol. The van der Waals surface area contributed by atoms with E-state index in [0.717, 1.165) is 18.3 Å². The molecule has 1 rings (SSSR count). The standard InChI is InChI=1S/C11H22N2O2.C7H6O.C2H6.CH5N/c1-4-9(3)13-11(15)7-6-8-12-10(14)5-2;8-6-7-4-2-1-3-5-7;2*1-2/h9H,4-8H2,1-3H3,(H,12,14)(H,13,15);1-6H;1-2H3;2H2,1H3. The second-order valence-corrected chi connectivity index (χ2v) is 5.21. The lowest BCUT2D eigenvalue weighted by Gasteiger charge is -2.11. The van der Waals surface area contributed by atoms with E-state index in [9.17, 15) is 14.4 Å². The minimum Gasteiger partial charge on any atom is -0.356 e. The van der Waals surface area contributed by atoms with Gasteiger partial charge in [-0.25, -0.2) is 0 Å². The molecule has 2 amide bonds. The molecule has 156 valence electrons. The van der Waals surface area contributed by atoms with Crippen LogP contribution in [0.4, 0.5) is 0 Å². The minimum atomic E-state index is 0.0392. The Morgan fingerprint density at radius 3 is 2.04 bits per heavy atom. The molecule has 0 heterocycles. The highest BCUT2D eigenvalue weighted by Crippen LogP contribution is 1.93. The van der Waals surface area contributed by atoms with Gasteiger partial charge < -0.3 is 16.4 Å². The van der Waals surface area contributed by atoms with Gasteiger partial charge in [-0.3, -0.25) is 14.4 Å². The molecular formula is C21H39N3O3. The summed E-state index contributed by atoms with van der Waals surface area (Å²) in [6.45, 7) is 10.4. The highest BCUT2D eigenvalue weighted by molar-refractivity contribution is 5.77. The number of carbonyl (C=O) groups is 3. The molecule has 0 saturated heterocycles. The quantitative estimate of drug-likeness (QED) is 0.475. The number of amides is 2. The number of rotatable bonds is 8. The Morgan fingerprint density at radius 1 is 1.07 bits per heavy atom. The Kier molecular flexibility index (Phi) is 26.0. The number of benzene rings is 1. The van der Waals surface area contributed by atoms with Gasteiger partial charge in [-0.05, 0) is 26.8 Å². The molecule has 1 aromatic rings. The lowest BCUT2D eigenvalue weighted by atomic mass is 10.2. The summed E-state index contributed by atoms with van der Waals surface area (Å²) in [6.07, 6.45) is 3.46. The van der Waals surface area contributed by atoms with E-state index in [1.807, 2.05) is 52.8 Å². The lowest BCUT2D eigenvalue weighted by Crippen LogP contribution is -2.32. The normalized spacial score (nSPS) is 9.59. The summed E-state index contributed by atoms with van der Waals surface area (Å²) in [4.78, 5) is 32.2. The molecule has 1 unspecified atom stereocenters. The molecule has 0 aromatic heterocycles. The van der Waals surface area contributed by atoms with Crippen molar-refractivity contribution < 1.29 is 14.4 Å². The molecule has 0 radical (unpaired) electrons. The lowest BCUT2D eigenvalue weighted by molar-refractivity contribution is -0.123. The van der Waals surface area contributed by atoms with Crippen molar-refractivity contribution in [1.82, 2.24) is 10.6 Å². The second kappa shape index (κ2) is 23.8. The van der Waals surface area contributed by atoms with Gasteiger partial charge in [0.1, 0.15) is 6.29 Å². The van der Waals surface area contributed by atoms with Crippen LogP contribution in [0.1, 0.15) is 70.7 Å². The van der Waals surface area contributed by atoms with Crippen molar-refractivity contribution in [3.8, 4) is 0 Å². The number of hydrogen-bond donors (Lipinski definition) is 3. The summed E-state index contributed by atoms with van der Waals surface area (Å²) in [5.74, 6) is 0.104. The first kappa shape index (κ1) is 29.5. The molecule has 0 aliphatic carbocycles. The molecule has 0 saturated carbocycles. The average Bonchev–Trinajstić information content (AvgIpc) is 2.74. The van der Waals surface area contributed by atoms with Crippen LogP contribution in [0.5, 0.6) is 0 Å². The largest absolute Gasteiger partial charge is 0.356 e. The maximum Gasteiger partial charge on any atom is 0.220 e.